The van der Waals surface area contributed by atoms with Crippen molar-refractivity contribution in [1.82, 2.24) is 10.6 Å². The quantitative estimate of drug-likeness (QED) is 0.396. The predicted molar refractivity (Wildman–Crippen MR) is 101 cm³/mol. The highest BCUT2D eigenvalue weighted by molar-refractivity contribution is 14.0. The van der Waals surface area contributed by atoms with Gasteiger partial charge in [-0.3, -0.25) is 0 Å². The largest absolute Gasteiger partial charge is 0.493 e. The summed E-state index contributed by atoms with van der Waals surface area (Å²) in [5, 5.41) is 7.18. The van der Waals surface area contributed by atoms with Crippen molar-refractivity contribution in [3.05, 3.63) is 28.8 Å². The number of hydrogen-bond acceptors (Lipinski definition) is 2. The van der Waals surface area contributed by atoms with Crippen LogP contribution in [-0.2, 0) is 6.54 Å². The monoisotopic (exact) mass is 425 g/mol. The lowest BCUT2D eigenvalue weighted by molar-refractivity contribution is 0.336. The van der Waals surface area contributed by atoms with Gasteiger partial charge in [0.25, 0.3) is 0 Å². The molecule has 0 aliphatic rings. The predicted octanol–water partition coefficient (Wildman–Crippen LogP) is 3.82. The van der Waals surface area contributed by atoms with Gasteiger partial charge in [-0.05, 0) is 32.4 Å². The molecule has 1 aromatic rings. The van der Waals surface area contributed by atoms with E-state index in [0.29, 0.717) is 18.2 Å². The third-order valence-corrected chi connectivity index (χ3v) is 2.86. The minimum Gasteiger partial charge on any atom is -0.493 e. The molecule has 0 atom stereocenters. The van der Waals surface area contributed by atoms with Gasteiger partial charge in [0.05, 0.1) is 13.2 Å². The van der Waals surface area contributed by atoms with E-state index < -0.39 is 0 Å². The second-order valence-corrected chi connectivity index (χ2v) is 4.74. The lowest BCUT2D eigenvalue weighted by Gasteiger charge is -2.12. The summed E-state index contributed by atoms with van der Waals surface area (Å²) < 4.78 is 5.60. The van der Waals surface area contributed by atoms with Gasteiger partial charge in [0.2, 0.25) is 0 Å². The van der Waals surface area contributed by atoms with Gasteiger partial charge in [-0.2, -0.15) is 0 Å². The van der Waals surface area contributed by atoms with E-state index in [-0.39, 0.29) is 24.0 Å². The van der Waals surface area contributed by atoms with Crippen LogP contribution >= 0.6 is 35.6 Å². The van der Waals surface area contributed by atoms with Gasteiger partial charge >= 0.3 is 0 Å². The van der Waals surface area contributed by atoms with Crippen molar-refractivity contribution in [1.29, 1.82) is 0 Å². The smallest absolute Gasteiger partial charge is 0.191 e. The molecule has 1 rings (SSSR count). The molecule has 4 nitrogen and oxygen atoms in total. The van der Waals surface area contributed by atoms with E-state index in [1.54, 1.807) is 0 Å². The molecular weight excluding hydrogens is 401 g/mol. The number of nitrogens with zero attached hydrogens (tertiary/aromatic N) is 1. The van der Waals surface area contributed by atoms with Crippen LogP contribution in [0.15, 0.2) is 23.2 Å². The number of benzene rings is 1. The molecule has 0 bridgehead atoms. The van der Waals surface area contributed by atoms with E-state index in [2.05, 4.69) is 29.5 Å². The van der Waals surface area contributed by atoms with Crippen LogP contribution in [0.5, 0.6) is 5.75 Å². The summed E-state index contributed by atoms with van der Waals surface area (Å²) in [4.78, 5) is 4.57. The zero-order valence-electron chi connectivity index (χ0n) is 12.9. The van der Waals surface area contributed by atoms with Gasteiger partial charge < -0.3 is 15.4 Å². The number of rotatable bonds is 7. The van der Waals surface area contributed by atoms with Crippen LogP contribution in [0.3, 0.4) is 0 Å². The molecule has 21 heavy (non-hydrogen) atoms. The van der Waals surface area contributed by atoms with Crippen LogP contribution in [0.25, 0.3) is 0 Å². The molecular formula is C15H25ClIN3O. The fraction of sp³-hybridized carbons (Fsp3) is 0.533. The van der Waals surface area contributed by atoms with E-state index in [0.717, 1.165) is 36.8 Å². The number of aliphatic imine (C=N–C) groups is 1. The lowest BCUT2D eigenvalue weighted by atomic mass is 10.2. The second-order valence-electron chi connectivity index (χ2n) is 4.31. The third-order valence-electron chi connectivity index (χ3n) is 2.62. The first-order valence-corrected chi connectivity index (χ1v) is 7.52. The Balaban J connectivity index is 0.00000400. The van der Waals surface area contributed by atoms with E-state index >= 15 is 0 Å². The maximum Gasteiger partial charge on any atom is 0.191 e. The Bertz CT molecular complexity index is 441. The van der Waals surface area contributed by atoms with Gasteiger partial charge in [-0.25, -0.2) is 4.99 Å². The van der Waals surface area contributed by atoms with Crippen LogP contribution in [0, 0.1) is 0 Å². The van der Waals surface area contributed by atoms with Gasteiger partial charge in [0, 0.05) is 23.7 Å². The molecule has 6 heteroatoms. The molecule has 0 aromatic heterocycles. The topological polar surface area (TPSA) is 45.7 Å². The van der Waals surface area contributed by atoms with Crippen LogP contribution in [0.4, 0.5) is 0 Å². The standard InChI is InChI=1S/C15H24ClN3O.HI/c1-4-9-18-15(17-5-2)19-11-12-7-8-13(16)10-14(12)20-6-3;/h7-8,10H,4-6,9,11H2,1-3H3,(H2,17,18,19);1H. The number of halogens is 2. The number of hydrogen-bond donors (Lipinski definition) is 2. The van der Waals surface area contributed by atoms with Crippen LogP contribution in [0.1, 0.15) is 32.8 Å². The molecule has 0 unspecified atom stereocenters. The fourth-order valence-electron chi connectivity index (χ4n) is 1.70. The van der Waals surface area contributed by atoms with Gasteiger partial charge in [-0.1, -0.05) is 24.6 Å². The molecule has 0 heterocycles. The maximum atomic E-state index is 5.99. The van der Waals surface area contributed by atoms with Crippen molar-refractivity contribution in [3.8, 4) is 5.75 Å². The highest BCUT2D eigenvalue weighted by Gasteiger charge is 2.04. The molecule has 2 N–H and O–H groups in total. The molecule has 0 aliphatic carbocycles. The summed E-state index contributed by atoms with van der Waals surface area (Å²) in [5.74, 6) is 1.63. The highest BCUT2D eigenvalue weighted by atomic mass is 127. The van der Waals surface area contributed by atoms with Crippen molar-refractivity contribution < 1.29 is 4.74 Å². The average molecular weight is 426 g/mol. The van der Waals surface area contributed by atoms with Crippen molar-refractivity contribution >= 4 is 41.5 Å². The van der Waals surface area contributed by atoms with E-state index in [9.17, 15) is 0 Å². The molecule has 0 saturated carbocycles. The first-order chi connectivity index (χ1) is 9.71. The van der Waals surface area contributed by atoms with E-state index in [4.69, 9.17) is 16.3 Å². The summed E-state index contributed by atoms with van der Waals surface area (Å²) >= 11 is 5.99. The molecule has 0 aliphatic heterocycles. The molecule has 0 saturated heterocycles. The third kappa shape index (κ3) is 7.76. The summed E-state index contributed by atoms with van der Waals surface area (Å²) in [6.07, 6.45) is 1.07. The molecule has 0 fully saturated rings. The molecule has 0 amide bonds. The lowest BCUT2D eigenvalue weighted by Crippen LogP contribution is -2.37. The maximum absolute atomic E-state index is 5.99. The average Bonchev–Trinajstić information content (AvgIpc) is 2.44. The number of guanidine groups is 1. The zero-order valence-corrected chi connectivity index (χ0v) is 16.0. The zero-order chi connectivity index (χ0) is 14.8. The Morgan fingerprint density at radius 1 is 1.24 bits per heavy atom. The Morgan fingerprint density at radius 2 is 2.00 bits per heavy atom. The van der Waals surface area contributed by atoms with Crippen molar-refractivity contribution in [3.63, 3.8) is 0 Å². The minimum absolute atomic E-state index is 0. The number of nitrogens with one attached hydrogen (secondary N) is 2. The van der Waals surface area contributed by atoms with Gasteiger partial charge in [0.1, 0.15) is 5.75 Å². The molecule has 120 valence electrons. The summed E-state index contributed by atoms with van der Waals surface area (Å²) in [5.41, 5.74) is 1.03. The van der Waals surface area contributed by atoms with Crippen LogP contribution in [-0.4, -0.2) is 25.7 Å². The van der Waals surface area contributed by atoms with Crippen LogP contribution < -0.4 is 15.4 Å². The van der Waals surface area contributed by atoms with Crippen molar-refractivity contribution in [2.45, 2.75) is 33.7 Å². The van der Waals surface area contributed by atoms with Crippen molar-refractivity contribution in [2.24, 2.45) is 4.99 Å². The number of ether oxygens (including phenoxy) is 1. The van der Waals surface area contributed by atoms with E-state index in [1.807, 2.05) is 25.1 Å². The fourth-order valence-corrected chi connectivity index (χ4v) is 1.86. The van der Waals surface area contributed by atoms with Crippen LogP contribution in [0.2, 0.25) is 5.02 Å². The van der Waals surface area contributed by atoms with Gasteiger partial charge in [0.15, 0.2) is 5.96 Å². The summed E-state index contributed by atoms with van der Waals surface area (Å²) in [6.45, 7) is 9.07. The SMILES string of the molecule is CCCNC(=NCc1ccc(Cl)cc1OCC)NCC.I. The second kappa shape index (κ2) is 11.9. The van der Waals surface area contributed by atoms with E-state index in [1.165, 1.54) is 0 Å². The minimum atomic E-state index is 0. The Labute approximate surface area is 149 Å². The highest BCUT2D eigenvalue weighted by Crippen LogP contribution is 2.24. The molecule has 0 radical (unpaired) electrons. The summed E-state index contributed by atoms with van der Waals surface area (Å²) in [6, 6.07) is 5.66. The van der Waals surface area contributed by atoms with Crippen molar-refractivity contribution in [2.75, 3.05) is 19.7 Å². The first kappa shape index (κ1) is 20.3. The van der Waals surface area contributed by atoms with Gasteiger partial charge in [-0.15, -0.1) is 24.0 Å². The molecule has 0 spiro atoms. The Kier molecular flexibility index (Phi) is 11.5. The Morgan fingerprint density at radius 3 is 2.62 bits per heavy atom. The normalized spacial score (nSPS) is 10.8. The molecule has 1 aromatic carbocycles. The summed E-state index contributed by atoms with van der Waals surface area (Å²) in [7, 11) is 0. The first-order valence-electron chi connectivity index (χ1n) is 7.14. The Hall–Kier alpha value is -0.690.